The van der Waals surface area contributed by atoms with Crippen LogP contribution in [-0.4, -0.2) is 46.6 Å². The minimum Gasteiger partial charge on any atom is -0.480 e. The van der Waals surface area contributed by atoms with E-state index in [1.54, 1.807) is 11.8 Å². The lowest BCUT2D eigenvalue weighted by atomic mass is 10.2. The summed E-state index contributed by atoms with van der Waals surface area (Å²) in [6.45, 7) is 0. The Morgan fingerprint density at radius 3 is 2.58 bits per heavy atom. The Hall–Kier alpha value is -1.44. The van der Waals surface area contributed by atoms with Gasteiger partial charge in [0.05, 0.1) is 6.42 Å². The highest BCUT2D eigenvalue weighted by Gasteiger charge is 2.27. The largest absolute Gasteiger partial charge is 0.480 e. The highest BCUT2D eigenvalue weighted by molar-refractivity contribution is 7.99. The molecule has 3 atom stereocenters. The van der Waals surface area contributed by atoms with Gasteiger partial charge in [-0.2, -0.15) is 11.8 Å². The quantitative estimate of drug-likeness (QED) is 0.544. The average Bonchev–Trinajstić information content (AvgIpc) is 2.75. The van der Waals surface area contributed by atoms with Crippen molar-refractivity contribution >= 4 is 29.7 Å². The number of urea groups is 1. The zero-order chi connectivity index (χ0) is 14.4. The van der Waals surface area contributed by atoms with E-state index in [0.29, 0.717) is 5.25 Å². The van der Waals surface area contributed by atoms with Gasteiger partial charge < -0.3 is 21.5 Å². The van der Waals surface area contributed by atoms with Crippen molar-refractivity contribution in [3.05, 3.63) is 0 Å². The molecule has 7 nitrogen and oxygen atoms in total. The summed E-state index contributed by atoms with van der Waals surface area (Å²) in [6.07, 6.45) is 4.41. The Morgan fingerprint density at radius 2 is 2.11 bits per heavy atom. The van der Waals surface area contributed by atoms with Crippen LogP contribution in [0.15, 0.2) is 0 Å². The summed E-state index contributed by atoms with van der Waals surface area (Å²) < 4.78 is 0. The Kier molecular flexibility index (Phi) is 5.94. The lowest BCUT2D eigenvalue weighted by Crippen LogP contribution is -2.49. The van der Waals surface area contributed by atoms with Gasteiger partial charge in [-0.05, 0) is 25.5 Å². The van der Waals surface area contributed by atoms with Crippen molar-refractivity contribution < 1.29 is 19.5 Å². The minimum atomic E-state index is -1.28. The molecule has 1 aliphatic carbocycles. The second-order valence-corrected chi connectivity index (χ2v) is 5.68. The van der Waals surface area contributed by atoms with E-state index in [1.807, 2.05) is 6.26 Å². The number of nitrogens with two attached hydrogens (primary N) is 1. The molecule has 0 aromatic carbocycles. The van der Waals surface area contributed by atoms with Crippen LogP contribution in [0.4, 0.5) is 4.79 Å². The van der Waals surface area contributed by atoms with E-state index in [9.17, 15) is 14.4 Å². The molecule has 0 aromatic rings. The normalized spacial score (nSPS) is 23.6. The first-order chi connectivity index (χ1) is 8.92. The molecule has 3 amide bonds. The van der Waals surface area contributed by atoms with Crippen molar-refractivity contribution in [3.63, 3.8) is 0 Å². The predicted octanol–water partition coefficient (Wildman–Crippen LogP) is -0.102. The van der Waals surface area contributed by atoms with Crippen LogP contribution < -0.4 is 16.4 Å². The van der Waals surface area contributed by atoms with Crippen molar-refractivity contribution in [2.75, 3.05) is 6.26 Å². The van der Waals surface area contributed by atoms with E-state index in [0.717, 1.165) is 19.3 Å². The molecule has 0 heterocycles. The van der Waals surface area contributed by atoms with Crippen molar-refractivity contribution in [1.82, 2.24) is 10.6 Å². The Bertz CT molecular complexity index is 364. The third-order valence-electron chi connectivity index (χ3n) is 3.06. The summed E-state index contributed by atoms with van der Waals surface area (Å²) in [7, 11) is 0. The number of carbonyl (C=O) groups is 3. The molecule has 1 saturated carbocycles. The van der Waals surface area contributed by atoms with E-state index in [-0.39, 0.29) is 6.04 Å². The van der Waals surface area contributed by atoms with Crippen LogP contribution >= 0.6 is 11.8 Å². The number of thioether (sulfide) groups is 1. The number of primary amides is 1. The molecule has 8 heteroatoms. The van der Waals surface area contributed by atoms with Gasteiger partial charge in [0.1, 0.15) is 6.04 Å². The van der Waals surface area contributed by atoms with Crippen molar-refractivity contribution in [1.29, 1.82) is 0 Å². The molecule has 0 aromatic heterocycles. The van der Waals surface area contributed by atoms with Crippen LogP contribution in [0.1, 0.15) is 25.7 Å². The molecule has 0 saturated heterocycles. The lowest BCUT2D eigenvalue weighted by molar-refractivity contribution is -0.140. The monoisotopic (exact) mass is 289 g/mol. The first-order valence-corrected chi connectivity index (χ1v) is 7.32. The molecule has 0 radical (unpaired) electrons. The maximum atomic E-state index is 11.6. The van der Waals surface area contributed by atoms with Crippen LogP contribution in [0.2, 0.25) is 0 Å². The average molecular weight is 289 g/mol. The molecule has 108 valence electrons. The summed E-state index contributed by atoms with van der Waals surface area (Å²) in [6, 6.07) is -1.80. The van der Waals surface area contributed by atoms with Gasteiger partial charge in [0, 0.05) is 11.3 Å². The van der Waals surface area contributed by atoms with Crippen molar-refractivity contribution in [3.8, 4) is 0 Å². The van der Waals surface area contributed by atoms with Crippen molar-refractivity contribution in [2.24, 2.45) is 5.73 Å². The van der Waals surface area contributed by atoms with Gasteiger partial charge in [0.15, 0.2) is 0 Å². The van der Waals surface area contributed by atoms with Crippen LogP contribution in [0, 0.1) is 0 Å². The fraction of sp³-hybridized carbons (Fsp3) is 0.727. The third kappa shape index (κ3) is 5.37. The standard InChI is InChI=1S/C11H19N3O4S/c1-19-7-3-2-6(4-7)13-11(18)14-8(10(16)17)5-9(12)15/h6-8H,2-5H2,1H3,(H2,12,15)(H,16,17)(H2,13,14,18)/t6?,7?,8-/m0/s1. The van der Waals surface area contributed by atoms with Gasteiger partial charge >= 0.3 is 12.0 Å². The van der Waals surface area contributed by atoms with Gasteiger partial charge in [-0.1, -0.05) is 0 Å². The second-order valence-electron chi connectivity index (χ2n) is 4.55. The van der Waals surface area contributed by atoms with E-state index >= 15 is 0 Å². The minimum absolute atomic E-state index is 0.0560. The number of amides is 3. The number of aliphatic carboxylic acids is 1. The van der Waals surface area contributed by atoms with E-state index < -0.39 is 30.4 Å². The molecule has 0 bridgehead atoms. The molecule has 19 heavy (non-hydrogen) atoms. The molecule has 1 aliphatic rings. The van der Waals surface area contributed by atoms with Gasteiger partial charge in [0.25, 0.3) is 0 Å². The molecule has 2 unspecified atom stereocenters. The summed E-state index contributed by atoms with van der Waals surface area (Å²) in [5.74, 6) is -2.04. The number of hydrogen-bond acceptors (Lipinski definition) is 4. The number of carbonyl (C=O) groups excluding carboxylic acids is 2. The summed E-state index contributed by atoms with van der Waals surface area (Å²) in [5, 5.41) is 14.4. The Morgan fingerprint density at radius 1 is 1.42 bits per heavy atom. The highest BCUT2D eigenvalue weighted by atomic mass is 32.2. The molecule has 0 spiro atoms. The summed E-state index contributed by atoms with van der Waals surface area (Å²) in [4.78, 5) is 33.2. The van der Waals surface area contributed by atoms with E-state index in [2.05, 4.69) is 10.6 Å². The molecule has 0 aliphatic heterocycles. The first-order valence-electron chi connectivity index (χ1n) is 6.03. The predicted molar refractivity (Wildman–Crippen MR) is 71.8 cm³/mol. The fourth-order valence-corrected chi connectivity index (χ4v) is 2.87. The number of carboxylic acids is 1. The topological polar surface area (TPSA) is 122 Å². The Labute approximate surface area is 115 Å². The van der Waals surface area contributed by atoms with Crippen LogP contribution in [0.25, 0.3) is 0 Å². The smallest absolute Gasteiger partial charge is 0.326 e. The molecular weight excluding hydrogens is 270 g/mol. The van der Waals surface area contributed by atoms with Gasteiger partial charge in [-0.15, -0.1) is 0 Å². The maximum Gasteiger partial charge on any atom is 0.326 e. The molecular formula is C11H19N3O4S. The summed E-state index contributed by atoms with van der Waals surface area (Å²) >= 11 is 1.76. The van der Waals surface area contributed by atoms with E-state index in [1.165, 1.54) is 0 Å². The van der Waals surface area contributed by atoms with Gasteiger partial charge in [-0.25, -0.2) is 9.59 Å². The maximum absolute atomic E-state index is 11.6. The van der Waals surface area contributed by atoms with E-state index in [4.69, 9.17) is 10.8 Å². The molecule has 1 fully saturated rings. The van der Waals surface area contributed by atoms with Gasteiger partial charge in [0.2, 0.25) is 5.91 Å². The number of rotatable bonds is 6. The second kappa shape index (κ2) is 7.22. The van der Waals surface area contributed by atoms with Crippen LogP contribution in [-0.2, 0) is 9.59 Å². The van der Waals surface area contributed by atoms with Crippen LogP contribution in [0.5, 0.6) is 0 Å². The van der Waals surface area contributed by atoms with Crippen molar-refractivity contribution in [2.45, 2.75) is 43.0 Å². The molecule has 1 rings (SSSR count). The van der Waals surface area contributed by atoms with Gasteiger partial charge in [-0.3, -0.25) is 4.79 Å². The number of carboxylic acid groups (broad SMARTS) is 1. The molecule has 5 N–H and O–H groups in total. The van der Waals surface area contributed by atoms with Crippen LogP contribution in [0.3, 0.4) is 0 Å². The Balaban J connectivity index is 2.40. The lowest BCUT2D eigenvalue weighted by Gasteiger charge is -2.17. The zero-order valence-electron chi connectivity index (χ0n) is 10.7. The first kappa shape index (κ1) is 15.6. The highest BCUT2D eigenvalue weighted by Crippen LogP contribution is 2.27. The fourth-order valence-electron chi connectivity index (χ4n) is 2.07. The number of nitrogens with one attached hydrogen (secondary N) is 2. The summed E-state index contributed by atoms with van der Waals surface area (Å²) in [5.41, 5.74) is 4.93. The third-order valence-corrected chi connectivity index (χ3v) is 4.16. The zero-order valence-corrected chi connectivity index (χ0v) is 11.5. The SMILES string of the molecule is CSC1CCC(NC(=O)N[C@@H](CC(N)=O)C(=O)O)C1. The number of hydrogen-bond donors (Lipinski definition) is 4.